The highest BCUT2D eigenvalue weighted by Gasteiger charge is 2.27. The molecule has 1 saturated carbocycles. The largest absolute Gasteiger partial charge is 0.484 e. The number of nitrogens with one attached hydrogen (secondary N) is 3. The minimum atomic E-state index is -0.944. The Labute approximate surface area is 163 Å². The van der Waals surface area contributed by atoms with E-state index in [1.807, 2.05) is 6.07 Å². The second-order valence-corrected chi connectivity index (χ2v) is 6.79. The van der Waals surface area contributed by atoms with E-state index in [-0.39, 0.29) is 18.6 Å². The molecule has 0 spiro atoms. The monoisotopic (exact) mass is 391 g/mol. The molecule has 1 atom stereocenters. The van der Waals surface area contributed by atoms with Crippen molar-refractivity contribution in [3.05, 3.63) is 30.3 Å². The van der Waals surface area contributed by atoms with Crippen molar-refractivity contribution >= 4 is 23.8 Å². The molecule has 4 amide bonds. The van der Waals surface area contributed by atoms with Gasteiger partial charge in [0.25, 0.3) is 11.8 Å². The fraction of sp³-hybridized carbons (Fsp3) is 0.474. The van der Waals surface area contributed by atoms with Gasteiger partial charge in [0.15, 0.2) is 13.2 Å². The third-order valence-corrected chi connectivity index (χ3v) is 3.86. The van der Waals surface area contributed by atoms with Crippen molar-refractivity contribution in [1.82, 2.24) is 16.0 Å². The Kier molecular flexibility index (Phi) is 7.79. The third-order valence-electron chi connectivity index (χ3n) is 3.86. The van der Waals surface area contributed by atoms with E-state index in [2.05, 4.69) is 16.0 Å². The van der Waals surface area contributed by atoms with Crippen LogP contribution in [0.25, 0.3) is 0 Å². The normalized spacial score (nSPS) is 14.0. The summed E-state index contributed by atoms with van der Waals surface area (Å²) in [6.45, 7) is 2.58. The minimum Gasteiger partial charge on any atom is -0.484 e. The first-order valence-corrected chi connectivity index (χ1v) is 9.09. The van der Waals surface area contributed by atoms with Gasteiger partial charge in [0.1, 0.15) is 11.8 Å². The first-order chi connectivity index (χ1) is 13.3. The molecule has 2 rings (SSSR count). The topological polar surface area (TPSA) is 123 Å². The Bertz CT molecular complexity index is 703. The highest BCUT2D eigenvalue weighted by molar-refractivity contribution is 5.96. The molecule has 1 aliphatic rings. The van der Waals surface area contributed by atoms with Crippen LogP contribution in [-0.2, 0) is 19.1 Å². The summed E-state index contributed by atoms with van der Waals surface area (Å²) in [6, 6.07) is 7.33. The second-order valence-electron chi connectivity index (χ2n) is 6.79. The summed E-state index contributed by atoms with van der Waals surface area (Å²) >= 11 is 0. The van der Waals surface area contributed by atoms with Crippen LogP contribution >= 0.6 is 0 Å². The average Bonchev–Trinajstić information content (AvgIpc) is 3.46. The number of hydrogen-bond acceptors (Lipinski definition) is 6. The van der Waals surface area contributed by atoms with Gasteiger partial charge in [-0.2, -0.15) is 0 Å². The van der Waals surface area contributed by atoms with Gasteiger partial charge < -0.3 is 20.1 Å². The lowest BCUT2D eigenvalue weighted by molar-refractivity contribution is -0.152. The third kappa shape index (κ3) is 7.65. The van der Waals surface area contributed by atoms with E-state index < -0.39 is 36.5 Å². The quantitative estimate of drug-likeness (QED) is 0.534. The summed E-state index contributed by atoms with van der Waals surface area (Å²) in [5, 5.41) is 7.20. The number of carbonyl (C=O) groups excluding carboxylic acids is 4. The summed E-state index contributed by atoms with van der Waals surface area (Å²) in [7, 11) is 0. The second kappa shape index (κ2) is 10.3. The van der Waals surface area contributed by atoms with Crippen LogP contribution in [0.5, 0.6) is 5.75 Å². The van der Waals surface area contributed by atoms with E-state index in [1.54, 1.807) is 38.1 Å². The van der Waals surface area contributed by atoms with E-state index in [9.17, 15) is 19.2 Å². The maximum Gasteiger partial charge on any atom is 0.329 e. The molecule has 9 nitrogen and oxygen atoms in total. The van der Waals surface area contributed by atoms with Crippen molar-refractivity contribution in [3.63, 3.8) is 0 Å². The number of carbonyl (C=O) groups is 4. The number of imide groups is 1. The lowest BCUT2D eigenvalue weighted by atomic mass is 10.0. The fourth-order valence-electron chi connectivity index (χ4n) is 2.22. The van der Waals surface area contributed by atoms with Crippen molar-refractivity contribution in [2.75, 3.05) is 13.2 Å². The van der Waals surface area contributed by atoms with Gasteiger partial charge in [0.2, 0.25) is 0 Å². The van der Waals surface area contributed by atoms with E-state index in [0.29, 0.717) is 5.75 Å². The van der Waals surface area contributed by atoms with Crippen LogP contribution < -0.4 is 20.7 Å². The molecule has 0 unspecified atom stereocenters. The van der Waals surface area contributed by atoms with E-state index in [0.717, 1.165) is 12.8 Å². The van der Waals surface area contributed by atoms with Crippen molar-refractivity contribution in [3.8, 4) is 5.75 Å². The minimum absolute atomic E-state index is 0.106. The van der Waals surface area contributed by atoms with Gasteiger partial charge in [-0.25, -0.2) is 9.59 Å². The van der Waals surface area contributed by atoms with E-state index >= 15 is 0 Å². The number of ether oxygens (including phenoxy) is 2. The molecule has 0 radical (unpaired) electrons. The van der Waals surface area contributed by atoms with Crippen molar-refractivity contribution in [2.45, 2.75) is 38.8 Å². The number of rotatable bonds is 9. The van der Waals surface area contributed by atoms with Crippen LogP contribution in [0.3, 0.4) is 0 Å². The van der Waals surface area contributed by atoms with Gasteiger partial charge in [-0.3, -0.25) is 14.9 Å². The van der Waals surface area contributed by atoms with Gasteiger partial charge in [0, 0.05) is 6.04 Å². The van der Waals surface area contributed by atoms with Crippen molar-refractivity contribution < 1.29 is 28.7 Å². The molecule has 3 N–H and O–H groups in total. The first-order valence-electron chi connectivity index (χ1n) is 9.09. The molecule has 9 heteroatoms. The highest BCUT2D eigenvalue weighted by Crippen LogP contribution is 2.18. The molecule has 0 aromatic heterocycles. The van der Waals surface area contributed by atoms with Gasteiger partial charge in [-0.1, -0.05) is 32.0 Å². The lowest BCUT2D eigenvalue weighted by Crippen LogP contribution is -2.48. The lowest BCUT2D eigenvalue weighted by Gasteiger charge is -2.20. The molecule has 0 bridgehead atoms. The molecule has 28 heavy (non-hydrogen) atoms. The summed E-state index contributed by atoms with van der Waals surface area (Å²) in [5.41, 5.74) is 0. The zero-order valence-electron chi connectivity index (χ0n) is 15.9. The maximum absolute atomic E-state index is 12.2. The number of esters is 1. The number of amides is 4. The van der Waals surface area contributed by atoms with Gasteiger partial charge in [-0.15, -0.1) is 0 Å². The van der Waals surface area contributed by atoms with Crippen LogP contribution in [-0.4, -0.2) is 49.1 Å². The standard InChI is InChI=1S/C19H25N3O6/c1-12(2)17(21-15(23)10-27-14-6-4-3-5-7-14)18(25)28-11-16(24)22-19(26)20-13-8-9-13/h3-7,12-13,17H,8-11H2,1-2H3,(H,21,23)(H2,20,22,24,26)/t17-/m0/s1. The van der Waals surface area contributed by atoms with E-state index in [4.69, 9.17) is 9.47 Å². The molecular weight excluding hydrogens is 366 g/mol. The summed E-state index contributed by atoms with van der Waals surface area (Å²) in [5.74, 6) is -1.74. The maximum atomic E-state index is 12.2. The van der Waals surface area contributed by atoms with Crippen LogP contribution in [0.1, 0.15) is 26.7 Å². The molecular formula is C19H25N3O6. The van der Waals surface area contributed by atoms with Crippen molar-refractivity contribution in [1.29, 1.82) is 0 Å². The van der Waals surface area contributed by atoms with Crippen LogP contribution in [0.2, 0.25) is 0 Å². The van der Waals surface area contributed by atoms with Crippen LogP contribution in [0.15, 0.2) is 30.3 Å². The zero-order chi connectivity index (χ0) is 20.5. The predicted octanol–water partition coefficient (Wildman–Crippen LogP) is 0.738. The smallest absolute Gasteiger partial charge is 0.329 e. The highest BCUT2D eigenvalue weighted by atomic mass is 16.5. The Morgan fingerprint density at radius 3 is 2.32 bits per heavy atom. The van der Waals surface area contributed by atoms with Gasteiger partial charge >= 0.3 is 12.0 Å². The number of para-hydroxylation sites is 1. The average molecular weight is 391 g/mol. The number of benzene rings is 1. The van der Waals surface area contributed by atoms with Gasteiger partial charge in [0.05, 0.1) is 0 Å². The summed E-state index contributed by atoms with van der Waals surface area (Å²) < 4.78 is 10.3. The molecule has 0 aliphatic heterocycles. The van der Waals surface area contributed by atoms with Crippen molar-refractivity contribution in [2.24, 2.45) is 5.92 Å². The first kappa shape index (κ1) is 21.2. The molecule has 0 heterocycles. The van der Waals surface area contributed by atoms with Crippen LogP contribution in [0, 0.1) is 5.92 Å². The molecule has 152 valence electrons. The Morgan fingerprint density at radius 2 is 1.71 bits per heavy atom. The number of urea groups is 1. The Morgan fingerprint density at radius 1 is 1.04 bits per heavy atom. The summed E-state index contributed by atoms with van der Waals surface area (Å²) in [6.07, 6.45) is 1.78. The zero-order valence-corrected chi connectivity index (χ0v) is 15.9. The summed E-state index contributed by atoms with van der Waals surface area (Å²) in [4.78, 5) is 47.4. The Hall–Kier alpha value is -3.10. The van der Waals surface area contributed by atoms with Gasteiger partial charge in [-0.05, 0) is 30.9 Å². The molecule has 1 fully saturated rings. The molecule has 1 aliphatic carbocycles. The predicted molar refractivity (Wildman–Crippen MR) is 99.4 cm³/mol. The molecule has 1 aromatic rings. The fourth-order valence-corrected chi connectivity index (χ4v) is 2.22. The number of hydrogen-bond donors (Lipinski definition) is 3. The molecule has 1 aromatic carbocycles. The van der Waals surface area contributed by atoms with E-state index in [1.165, 1.54) is 0 Å². The SMILES string of the molecule is CC(C)[C@H](NC(=O)COc1ccccc1)C(=O)OCC(=O)NC(=O)NC1CC1. The molecule has 0 saturated heterocycles. The Balaban J connectivity index is 1.74. The van der Waals surface area contributed by atoms with Crippen LogP contribution in [0.4, 0.5) is 4.79 Å².